The molecule has 3 aliphatic carbocycles. The number of rotatable bonds is 7. The minimum absolute atomic E-state index is 0.0499. The van der Waals surface area contributed by atoms with Crippen LogP contribution in [0.1, 0.15) is 43.1 Å². The Kier molecular flexibility index (Phi) is 8.26. The SMILES string of the molecule is CN(C)c1cc(NC(=O)OCC(C)(C)C)c(N=O)c2c1C[C@H]1C[C@H]3[C@H](N(C)C)C(O)=C(C(N)=O)C(=O)[C@@]3(O)C(N=O)=C1C2=O. The number of amides is 2. The number of likely N-dealkylation sites (N-methyl/N-ethyl adjacent to an activating group) is 1. The maximum absolute atomic E-state index is 14.3. The molecule has 0 aromatic heterocycles. The van der Waals surface area contributed by atoms with Gasteiger partial charge in [0.1, 0.15) is 22.7 Å². The number of hydrogen-bond acceptors (Lipinski definition) is 13. The third-order valence-electron chi connectivity index (χ3n) is 8.24. The second-order valence-electron chi connectivity index (χ2n) is 12.9. The topological polar surface area (TPSA) is 221 Å². The largest absolute Gasteiger partial charge is 0.510 e. The van der Waals surface area contributed by atoms with E-state index in [2.05, 4.69) is 15.7 Å². The van der Waals surface area contributed by atoms with Crippen molar-refractivity contribution in [3.63, 3.8) is 0 Å². The van der Waals surface area contributed by atoms with E-state index in [0.29, 0.717) is 11.3 Å². The number of nitroso groups, excluding NO2 is 2. The molecule has 44 heavy (non-hydrogen) atoms. The number of aliphatic hydroxyl groups excluding tert-OH is 1. The number of hydrogen-bond donors (Lipinski definition) is 4. The van der Waals surface area contributed by atoms with Gasteiger partial charge in [-0.1, -0.05) is 20.8 Å². The number of nitrogens with zero attached hydrogens (tertiary/aromatic N) is 4. The van der Waals surface area contributed by atoms with Crippen molar-refractivity contribution in [2.75, 3.05) is 45.0 Å². The van der Waals surface area contributed by atoms with Crippen molar-refractivity contribution in [1.29, 1.82) is 0 Å². The van der Waals surface area contributed by atoms with E-state index < -0.39 is 69.8 Å². The van der Waals surface area contributed by atoms with Crippen molar-refractivity contribution in [1.82, 2.24) is 4.90 Å². The van der Waals surface area contributed by atoms with Gasteiger partial charge >= 0.3 is 6.09 Å². The molecular weight excluding hydrogens is 576 g/mol. The van der Waals surface area contributed by atoms with Crippen LogP contribution in [0.4, 0.5) is 21.9 Å². The monoisotopic (exact) mass is 612 g/mol. The first-order valence-electron chi connectivity index (χ1n) is 13.8. The molecule has 0 saturated carbocycles. The average molecular weight is 613 g/mol. The molecule has 0 unspecified atom stereocenters. The smallest absolute Gasteiger partial charge is 0.411 e. The fourth-order valence-corrected chi connectivity index (χ4v) is 6.43. The average Bonchev–Trinajstić information content (AvgIpc) is 2.91. The Bertz CT molecular complexity index is 1550. The molecule has 4 rings (SSSR count). The summed E-state index contributed by atoms with van der Waals surface area (Å²) >= 11 is 0. The zero-order valence-corrected chi connectivity index (χ0v) is 25.5. The van der Waals surface area contributed by atoms with Crippen LogP contribution in [-0.4, -0.2) is 85.1 Å². The van der Waals surface area contributed by atoms with Crippen LogP contribution in [0.2, 0.25) is 0 Å². The minimum atomic E-state index is -2.79. The number of Topliss-reactive ketones (excluding diaryl/α,β-unsaturated/α-hetero) is 2. The molecule has 15 nitrogen and oxygen atoms in total. The number of nitrogens with two attached hydrogens (primary N) is 1. The zero-order valence-electron chi connectivity index (χ0n) is 25.5. The molecule has 3 aliphatic rings. The Morgan fingerprint density at radius 1 is 1.16 bits per heavy atom. The fraction of sp³-hybridized carbons (Fsp3) is 0.517. The van der Waals surface area contributed by atoms with Crippen molar-refractivity contribution in [2.24, 2.45) is 33.3 Å². The van der Waals surface area contributed by atoms with Gasteiger partial charge < -0.3 is 25.6 Å². The molecule has 0 saturated heterocycles. The molecule has 0 bridgehead atoms. The maximum atomic E-state index is 14.3. The number of benzene rings is 1. The van der Waals surface area contributed by atoms with Gasteiger partial charge in [-0.15, -0.1) is 9.81 Å². The van der Waals surface area contributed by atoms with Crippen LogP contribution in [0, 0.1) is 27.1 Å². The highest BCUT2D eigenvalue weighted by molar-refractivity contribution is 6.25. The van der Waals surface area contributed by atoms with Gasteiger partial charge in [0.15, 0.2) is 11.4 Å². The van der Waals surface area contributed by atoms with Crippen LogP contribution >= 0.6 is 0 Å². The first kappa shape index (κ1) is 32.4. The quantitative estimate of drug-likeness (QED) is 0.259. The Labute approximate surface area is 253 Å². The first-order valence-corrected chi connectivity index (χ1v) is 13.8. The van der Waals surface area contributed by atoms with Crippen molar-refractivity contribution in [3.8, 4) is 0 Å². The molecule has 1 aromatic carbocycles. The minimum Gasteiger partial charge on any atom is -0.510 e. The van der Waals surface area contributed by atoms with Gasteiger partial charge in [0.2, 0.25) is 5.78 Å². The van der Waals surface area contributed by atoms with E-state index in [1.54, 1.807) is 19.0 Å². The summed E-state index contributed by atoms with van der Waals surface area (Å²) in [5, 5.41) is 31.4. The van der Waals surface area contributed by atoms with Crippen LogP contribution in [0.15, 0.2) is 39.0 Å². The number of nitrogens with one attached hydrogen (secondary N) is 1. The number of anilines is 2. The maximum Gasteiger partial charge on any atom is 0.411 e. The molecule has 0 fully saturated rings. The lowest BCUT2D eigenvalue weighted by molar-refractivity contribution is -0.144. The Hall–Kier alpha value is -4.50. The normalized spacial score (nSPS) is 24.8. The number of ether oxygens (including phenoxy) is 1. The molecular formula is C29H36N6O9. The third kappa shape index (κ3) is 5.05. The first-order chi connectivity index (χ1) is 20.4. The molecule has 2 amide bonds. The molecule has 4 atom stereocenters. The number of allylic oxidation sites excluding steroid dienone is 1. The number of fused-ring (bicyclic) bond motifs is 3. The van der Waals surface area contributed by atoms with Gasteiger partial charge in [-0.2, -0.15) is 0 Å². The molecule has 0 heterocycles. The van der Waals surface area contributed by atoms with Gasteiger partial charge in [0, 0.05) is 31.3 Å². The number of ketones is 2. The summed E-state index contributed by atoms with van der Waals surface area (Å²) in [6.45, 7) is 5.61. The number of carbonyl (C=O) groups is 4. The summed E-state index contributed by atoms with van der Waals surface area (Å²) in [5.41, 5.74) is 0.196. The standard InChI is InChI=1S/C29H36N6O9/c1-28(2,3)11-44-27(40)31-15-10-16(34(4)5)13-8-12-9-14-21(35(6)7)23(37)19(26(30)39)25(38)29(14,41)24(33-43)17(12)22(36)18(13)20(15)32-42/h10,12,14,21,37,41H,8-9,11H2,1-7H3,(H2,30,39)(H,31,40)/t12-,14-,21-,29-/m0/s1. The van der Waals surface area contributed by atoms with Crippen LogP contribution in [0.25, 0.3) is 0 Å². The molecule has 0 spiro atoms. The number of carbonyl (C=O) groups excluding carboxylic acids is 4. The van der Waals surface area contributed by atoms with E-state index in [-0.39, 0.29) is 41.7 Å². The van der Waals surface area contributed by atoms with Crippen molar-refractivity contribution in [2.45, 2.75) is 45.3 Å². The number of aliphatic hydroxyl groups is 2. The molecule has 5 N–H and O–H groups in total. The Morgan fingerprint density at radius 2 is 1.80 bits per heavy atom. The van der Waals surface area contributed by atoms with E-state index in [1.807, 2.05) is 20.8 Å². The third-order valence-corrected chi connectivity index (χ3v) is 8.24. The van der Waals surface area contributed by atoms with Crippen LogP contribution in [0.5, 0.6) is 0 Å². The van der Waals surface area contributed by atoms with Crippen molar-refractivity contribution in [3.05, 3.63) is 49.6 Å². The molecule has 0 aliphatic heterocycles. The van der Waals surface area contributed by atoms with E-state index >= 15 is 0 Å². The van der Waals surface area contributed by atoms with E-state index in [1.165, 1.54) is 25.1 Å². The van der Waals surface area contributed by atoms with Gasteiger partial charge in [0.25, 0.3) is 5.91 Å². The second kappa shape index (κ2) is 11.2. The van der Waals surface area contributed by atoms with E-state index in [4.69, 9.17) is 10.5 Å². The van der Waals surface area contributed by atoms with Crippen molar-refractivity contribution < 1.29 is 34.1 Å². The van der Waals surface area contributed by atoms with Gasteiger partial charge in [-0.25, -0.2) is 4.79 Å². The van der Waals surface area contributed by atoms with E-state index in [0.717, 1.165) is 0 Å². The highest BCUT2D eigenvalue weighted by atomic mass is 16.5. The van der Waals surface area contributed by atoms with Crippen LogP contribution in [-0.2, 0) is 20.7 Å². The Balaban J connectivity index is 1.95. The highest BCUT2D eigenvalue weighted by Gasteiger charge is 2.63. The number of primary amides is 1. The lowest BCUT2D eigenvalue weighted by Crippen LogP contribution is -2.63. The van der Waals surface area contributed by atoms with Crippen molar-refractivity contribution >= 4 is 40.6 Å². The molecule has 15 heteroatoms. The van der Waals surface area contributed by atoms with E-state index in [9.17, 15) is 39.2 Å². The molecule has 236 valence electrons. The lowest BCUT2D eigenvalue weighted by Gasteiger charge is -2.50. The summed E-state index contributed by atoms with van der Waals surface area (Å²) in [6.07, 6.45) is -0.932. The summed E-state index contributed by atoms with van der Waals surface area (Å²) in [4.78, 5) is 80.6. The van der Waals surface area contributed by atoms with Gasteiger partial charge in [-0.3, -0.25) is 24.6 Å². The second-order valence-corrected chi connectivity index (χ2v) is 12.9. The highest BCUT2D eigenvalue weighted by Crippen LogP contribution is 2.55. The Morgan fingerprint density at radius 3 is 2.30 bits per heavy atom. The summed E-state index contributed by atoms with van der Waals surface area (Å²) < 4.78 is 5.26. The predicted molar refractivity (Wildman–Crippen MR) is 159 cm³/mol. The lowest BCUT2D eigenvalue weighted by atomic mass is 9.58. The molecule has 0 radical (unpaired) electrons. The zero-order chi connectivity index (χ0) is 33.0. The summed E-state index contributed by atoms with van der Waals surface area (Å²) in [7, 11) is 6.46. The molecule has 1 aromatic rings. The summed E-state index contributed by atoms with van der Waals surface area (Å²) in [5.74, 6) is -6.25. The summed E-state index contributed by atoms with van der Waals surface area (Å²) in [6, 6.07) is 0.343. The van der Waals surface area contributed by atoms with Gasteiger partial charge in [0.05, 0.1) is 23.9 Å². The van der Waals surface area contributed by atoms with Crippen LogP contribution in [0.3, 0.4) is 0 Å². The fourth-order valence-electron chi connectivity index (χ4n) is 6.43. The predicted octanol–water partition coefficient (Wildman–Crippen LogP) is 2.68. The van der Waals surface area contributed by atoms with Gasteiger partial charge in [-0.05, 0) is 60.3 Å². The van der Waals surface area contributed by atoms with Crippen LogP contribution < -0.4 is 16.0 Å².